The fraction of sp³-hybridized carbons (Fsp3) is 0.556. The van der Waals surface area contributed by atoms with Crippen molar-refractivity contribution in [2.45, 2.75) is 75.7 Å². The lowest BCUT2D eigenvalue weighted by Crippen LogP contribution is -2.43. The lowest BCUT2D eigenvalue weighted by molar-refractivity contribution is -0.0393. The summed E-state index contributed by atoms with van der Waals surface area (Å²) >= 11 is 6.68. The zero-order valence-electron chi connectivity index (χ0n) is 19.5. The second-order valence-corrected chi connectivity index (χ2v) is 9.85. The molecule has 2 aromatic rings. The van der Waals surface area contributed by atoms with Gasteiger partial charge in [0.05, 0.1) is 16.7 Å². The molecule has 2 aromatic carbocycles. The van der Waals surface area contributed by atoms with Crippen molar-refractivity contribution in [1.29, 1.82) is 0 Å². The maximum Gasteiger partial charge on any atom is 0.138 e. The summed E-state index contributed by atoms with van der Waals surface area (Å²) in [5, 5.41) is 12.0. The van der Waals surface area contributed by atoms with E-state index in [0.29, 0.717) is 23.5 Å². The quantitative estimate of drug-likeness (QED) is 0.450. The van der Waals surface area contributed by atoms with E-state index in [1.165, 1.54) is 6.42 Å². The topological polar surface area (TPSA) is 41.9 Å². The number of halogens is 2. The molecular formula is C27H37Cl2NO3. The van der Waals surface area contributed by atoms with Crippen molar-refractivity contribution in [2.75, 3.05) is 20.2 Å². The number of hydrogen-bond donors (Lipinski definition) is 1. The summed E-state index contributed by atoms with van der Waals surface area (Å²) < 4.78 is 11.6. The van der Waals surface area contributed by atoms with E-state index in [-0.39, 0.29) is 18.4 Å². The fourth-order valence-corrected chi connectivity index (χ4v) is 5.48. The predicted molar refractivity (Wildman–Crippen MR) is 136 cm³/mol. The van der Waals surface area contributed by atoms with Crippen molar-refractivity contribution < 1.29 is 14.6 Å². The van der Waals surface area contributed by atoms with E-state index in [2.05, 4.69) is 11.0 Å². The molecular weight excluding hydrogens is 457 g/mol. The summed E-state index contributed by atoms with van der Waals surface area (Å²) in [6.45, 7) is 2.44. The van der Waals surface area contributed by atoms with Gasteiger partial charge in [-0.1, -0.05) is 67.3 Å². The lowest BCUT2D eigenvalue weighted by atomic mass is 9.78. The summed E-state index contributed by atoms with van der Waals surface area (Å²) in [5.74, 6) is 0.701. The zero-order chi connectivity index (χ0) is 22.4. The zero-order valence-corrected chi connectivity index (χ0v) is 21.1. The SMILES string of the molecule is COC1CCN(C(CC2(O)CCCCC2)c2ccc(OCc3ccccc3)c(Cl)c2)CC1.Cl. The molecule has 6 heteroatoms. The van der Waals surface area contributed by atoms with Gasteiger partial charge in [-0.2, -0.15) is 0 Å². The molecule has 0 bridgehead atoms. The van der Waals surface area contributed by atoms with Crippen LogP contribution in [0.15, 0.2) is 48.5 Å². The van der Waals surface area contributed by atoms with E-state index >= 15 is 0 Å². The number of likely N-dealkylation sites (tertiary alicyclic amines) is 1. The first kappa shape index (κ1) is 26.3. The number of piperidine rings is 1. The Balaban J connectivity index is 0.00000306. The van der Waals surface area contributed by atoms with Gasteiger partial charge in [0.25, 0.3) is 0 Å². The van der Waals surface area contributed by atoms with Gasteiger partial charge in [-0.05, 0) is 55.4 Å². The van der Waals surface area contributed by atoms with Crippen molar-refractivity contribution in [2.24, 2.45) is 0 Å². The smallest absolute Gasteiger partial charge is 0.138 e. The van der Waals surface area contributed by atoms with Gasteiger partial charge in [0.2, 0.25) is 0 Å². The van der Waals surface area contributed by atoms with E-state index in [9.17, 15) is 5.11 Å². The highest BCUT2D eigenvalue weighted by Crippen LogP contribution is 2.40. The second kappa shape index (κ2) is 12.4. The normalized spacial score (nSPS) is 20.1. The van der Waals surface area contributed by atoms with Crippen LogP contribution in [0.2, 0.25) is 5.02 Å². The molecule has 1 saturated heterocycles. The Kier molecular flexibility index (Phi) is 9.90. The first-order valence-corrected chi connectivity index (χ1v) is 12.4. The highest BCUT2D eigenvalue weighted by atomic mass is 35.5. The van der Waals surface area contributed by atoms with Crippen LogP contribution in [0.25, 0.3) is 0 Å². The molecule has 1 aliphatic carbocycles. The van der Waals surface area contributed by atoms with Crippen LogP contribution < -0.4 is 4.74 Å². The van der Waals surface area contributed by atoms with Crippen LogP contribution in [-0.2, 0) is 11.3 Å². The molecule has 2 fully saturated rings. The van der Waals surface area contributed by atoms with E-state index in [1.54, 1.807) is 7.11 Å². The number of hydrogen-bond acceptors (Lipinski definition) is 4. The standard InChI is InChI=1S/C27H36ClNO3.ClH/c1-31-23-12-16-29(17-13-23)25(19-27(30)14-6-3-7-15-27)22-10-11-26(24(28)18-22)32-20-21-8-4-2-5-9-21;/h2,4-5,8-11,18,23,25,30H,3,6-7,12-17,19-20H2,1H3;1H. The van der Waals surface area contributed by atoms with Crippen LogP contribution in [0, 0.1) is 0 Å². The predicted octanol–water partition coefficient (Wildman–Crippen LogP) is 6.58. The maximum atomic E-state index is 11.4. The third-order valence-electron chi connectivity index (χ3n) is 7.19. The highest BCUT2D eigenvalue weighted by Gasteiger charge is 2.36. The van der Waals surface area contributed by atoms with Crippen LogP contribution >= 0.6 is 24.0 Å². The van der Waals surface area contributed by atoms with Crippen molar-refractivity contribution in [3.8, 4) is 5.75 Å². The molecule has 0 radical (unpaired) electrons. The molecule has 1 atom stereocenters. The summed E-state index contributed by atoms with van der Waals surface area (Å²) in [7, 11) is 1.80. The molecule has 0 aromatic heterocycles. The summed E-state index contributed by atoms with van der Waals surface area (Å²) in [4.78, 5) is 2.51. The minimum absolute atomic E-state index is 0. The van der Waals surface area contributed by atoms with Crippen molar-refractivity contribution in [1.82, 2.24) is 4.90 Å². The van der Waals surface area contributed by atoms with Gasteiger partial charge < -0.3 is 14.6 Å². The fourth-order valence-electron chi connectivity index (χ4n) is 5.23. The number of ether oxygens (including phenoxy) is 2. The Morgan fingerprint density at radius 1 is 1.06 bits per heavy atom. The molecule has 1 N–H and O–H groups in total. The molecule has 0 spiro atoms. The molecule has 182 valence electrons. The van der Waals surface area contributed by atoms with Gasteiger partial charge in [-0.25, -0.2) is 0 Å². The van der Waals surface area contributed by atoms with Crippen LogP contribution in [-0.4, -0.2) is 41.9 Å². The van der Waals surface area contributed by atoms with E-state index in [4.69, 9.17) is 21.1 Å². The molecule has 2 aliphatic rings. The van der Waals surface area contributed by atoms with Crippen molar-refractivity contribution in [3.05, 3.63) is 64.7 Å². The van der Waals surface area contributed by atoms with Crippen LogP contribution in [0.5, 0.6) is 5.75 Å². The van der Waals surface area contributed by atoms with Gasteiger partial charge >= 0.3 is 0 Å². The number of benzene rings is 2. The second-order valence-electron chi connectivity index (χ2n) is 9.44. The Labute approximate surface area is 209 Å². The molecule has 33 heavy (non-hydrogen) atoms. The van der Waals surface area contributed by atoms with Crippen molar-refractivity contribution in [3.63, 3.8) is 0 Å². The molecule has 1 aliphatic heterocycles. The molecule has 1 saturated carbocycles. The number of rotatable bonds is 8. The van der Waals surface area contributed by atoms with Gasteiger partial charge in [-0.3, -0.25) is 4.90 Å². The van der Waals surface area contributed by atoms with Crippen LogP contribution in [0.1, 0.15) is 68.5 Å². The lowest BCUT2D eigenvalue weighted by Gasteiger charge is -2.42. The van der Waals surface area contributed by atoms with Gasteiger partial charge in [0, 0.05) is 26.2 Å². The molecule has 1 heterocycles. The summed E-state index contributed by atoms with van der Waals surface area (Å²) in [6, 6.07) is 16.4. The number of methoxy groups -OCH3 is 1. The average molecular weight is 495 g/mol. The summed E-state index contributed by atoms with van der Waals surface area (Å²) in [5.41, 5.74) is 1.69. The van der Waals surface area contributed by atoms with E-state index in [1.807, 2.05) is 42.5 Å². The number of nitrogens with zero attached hydrogens (tertiary/aromatic N) is 1. The first-order chi connectivity index (χ1) is 15.6. The van der Waals surface area contributed by atoms with Crippen LogP contribution in [0.3, 0.4) is 0 Å². The third-order valence-corrected chi connectivity index (χ3v) is 7.48. The number of aliphatic hydroxyl groups is 1. The van der Waals surface area contributed by atoms with Crippen LogP contribution in [0.4, 0.5) is 0 Å². The largest absolute Gasteiger partial charge is 0.487 e. The molecule has 0 amide bonds. The van der Waals surface area contributed by atoms with E-state index in [0.717, 1.165) is 69.2 Å². The van der Waals surface area contributed by atoms with Gasteiger partial charge in [-0.15, -0.1) is 12.4 Å². The molecule has 4 rings (SSSR count). The Morgan fingerprint density at radius 3 is 2.39 bits per heavy atom. The highest BCUT2D eigenvalue weighted by molar-refractivity contribution is 6.32. The minimum Gasteiger partial charge on any atom is -0.487 e. The Bertz CT molecular complexity index is 850. The Morgan fingerprint density at radius 2 is 1.76 bits per heavy atom. The first-order valence-electron chi connectivity index (χ1n) is 12.0. The van der Waals surface area contributed by atoms with Gasteiger partial charge in [0.15, 0.2) is 0 Å². The van der Waals surface area contributed by atoms with E-state index < -0.39 is 5.60 Å². The maximum absolute atomic E-state index is 11.4. The third kappa shape index (κ3) is 7.10. The van der Waals surface area contributed by atoms with Gasteiger partial charge in [0.1, 0.15) is 12.4 Å². The monoisotopic (exact) mass is 493 g/mol. The Hall–Kier alpha value is -1.30. The molecule has 1 unspecified atom stereocenters. The minimum atomic E-state index is -0.587. The summed E-state index contributed by atoms with van der Waals surface area (Å²) in [6.07, 6.45) is 8.38. The average Bonchev–Trinajstić information content (AvgIpc) is 2.83. The van der Waals surface area contributed by atoms with Crippen molar-refractivity contribution >= 4 is 24.0 Å². The molecule has 4 nitrogen and oxygen atoms in total.